The van der Waals surface area contributed by atoms with Crippen molar-refractivity contribution in [2.24, 2.45) is 11.7 Å². The molecule has 0 aromatic heterocycles. The van der Waals surface area contributed by atoms with Crippen molar-refractivity contribution in [1.29, 1.82) is 0 Å². The molecule has 1 aliphatic heterocycles. The van der Waals surface area contributed by atoms with Crippen LogP contribution in [-0.2, 0) is 4.74 Å². The Kier molecular flexibility index (Phi) is 2.91. The van der Waals surface area contributed by atoms with Crippen LogP contribution in [-0.4, -0.2) is 36.7 Å². The van der Waals surface area contributed by atoms with Crippen molar-refractivity contribution in [1.82, 2.24) is 4.90 Å². The number of rotatable bonds is 2. The van der Waals surface area contributed by atoms with Gasteiger partial charge in [-0.15, -0.1) is 0 Å². The maximum Gasteiger partial charge on any atom is 0.409 e. The molecule has 2 rings (SSSR count). The molecule has 1 saturated heterocycles. The fourth-order valence-electron chi connectivity index (χ4n) is 1.65. The lowest BCUT2D eigenvalue weighted by atomic mass is 10.1. The zero-order valence-electron chi connectivity index (χ0n) is 8.45. The predicted octanol–water partition coefficient (Wildman–Crippen LogP) is 0.956. The van der Waals surface area contributed by atoms with Gasteiger partial charge in [0.15, 0.2) is 0 Å². The topological polar surface area (TPSA) is 55.6 Å². The average molecular weight is 198 g/mol. The molecule has 1 amide bonds. The SMILES string of the molecule is NC1CCN(C(=O)OCC2CC2)CC1. The molecule has 0 radical (unpaired) electrons. The molecular weight excluding hydrogens is 180 g/mol. The molecule has 0 aromatic carbocycles. The van der Waals surface area contributed by atoms with Crippen molar-refractivity contribution in [3.05, 3.63) is 0 Å². The largest absolute Gasteiger partial charge is 0.449 e. The number of nitrogens with zero attached hydrogens (tertiary/aromatic N) is 1. The van der Waals surface area contributed by atoms with Crippen LogP contribution in [0.25, 0.3) is 0 Å². The maximum absolute atomic E-state index is 11.5. The molecule has 1 saturated carbocycles. The second-order valence-electron chi connectivity index (χ2n) is 4.34. The summed E-state index contributed by atoms with van der Waals surface area (Å²) in [5, 5.41) is 0. The Morgan fingerprint density at radius 3 is 2.50 bits per heavy atom. The average Bonchev–Trinajstić information content (AvgIpc) is 2.99. The van der Waals surface area contributed by atoms with Crippen molar-refractivity contribution in [2.75, 3.05) is 19.7 Å². The van der Waals surface area contributed by atoms with Gasteiger partial charge in [0.25, 0.3) is 0 Å². The van der Waals surface area contributed by atoms with E-state index in [1.807, 2.05) is 0 Å². The van der Waals surface area contributed by atoms with Crippen LogP contribution in [0.2, 0.25) is 0 Å². The highest BCUT2D eigenvalue weighted by Crippen LogP contribution is 2.29. The molecule has 2 N–H and O–H groups in total. The lowest BCUT2D eigenvalue weighted by molar-refractivity contribution is 0.0893. The second-order valence-corrected chi connectivity index (χ2v) is 4.34. The van der Waals surface area contributed by atoms with Gasteiger partial charge in [-0.05, 0) is 31.6 Å². The third kappa shape index (κ3) is 2.61. The number of amides is 1. The molecule has 1 heterocycles. The van der Waals surface area contributed by atoms with Crippen molar-refractivity contribution in [3.63, 3.8) is 0 Å². The van der Waals surface area contributed by atoms with E-state index in [4.69, 9.17) is 10.5 Å². The molecule has 0 unspecified atom stereocenters. The monoisotopic (exact) mass is 198 g/mol. The van der Waals surface area contributed by atoms with E-state index in [0.29, 0.717) is 12.5 Å². The quantitative estimate of drug-likeness (QED) is 0.719. The molecule has 1 aliphatic carbocycles. The van der Waals surface area contributed by atoms with Crippen molar-refractivity contribution in [2.45, 2.75) is 31.7 Å². The summed E-state index contributed by atoms with van der Waals surface area (Å²) >= 11 is 0. The van der Waals surface area contributed by atoms with Gasteiger partial charge in [-0.25, -0.2) is 4.79 Å². The van der Waals surface area contributed by atoms with E-state index in [1.165, 1.54) is 12.8 Å². The van der Waals surface area contributed by atoms with Crippen LogP contribution in [0.3, 0.4) is 0 Å². The van der Waals surface area contributed by atoms with Crippen molar-refractivity contribution < 1.29 is 9.53 Å². The Hall–Kier alpha value is -0.770. The van der Waals surface area contributed by atoms with Gasteiger partial charge in [-0.1, -0.05) is 0 Å². The van der Waals surface area contributed by atoms with Gasteiger partial charge in [-0.2, -0.15) is 0 Å². The Morgan fingerprint density at radius 1 is 1.29 bits per heavy atom. The zero-order valence-corrected chi connectivity index (χ0v) is 8.45. The first-order valence-electron chi connectivity index (χ1n) is 5.43. The smallest absolute Gasteiger partial charge is 0.409 e. The summed E-state index contributed by atoms with van der Waals surface area (Å²) in [5.41, 5.74) is 5.75. The minimum Gasteiger partial charge on any atom is -0.449 e. The van der Waals surface area contributed by atoms with E-state index < -0.39 is 0 Å². The summed E-state index contributed by atoms with van der Waals surface area (Å²) < 4.78 is 5.19. The Bertz CT molecular complexity index is 208. The third-order valence-electron chi connectivity index (χ3n) is 2.94. The van der Waals surface area contributed by atoms with E-state index in [0.717, 1.165) is 25.9 Å². The van der Waals surface area contributed by atoms with E-state index in [9.17, 15) is 4.79 Å². The number of carbonyl (C=O) groups is 1. The second kappa shape index (κ2) is 4.17. The first-order chi connectivity index (χ1) is 6.75. The molecule has 0 spiro atoms. The van der Waals surface area contributed by atoms with Gasteiger partial charge in [0.05, 0.1) is 6.61 Å². The van der Waals surface area contributed by atoms with E-state index in [-0.39, 0.29) is 12.1 Å². The number of likely N-dealkylation sites (tertiary alicyclic amines) is 1. The van der Waals surface area contributed by atoms with Crippen molar-refractivity contribution >= 4 is 6.09 Å². The summed E-state index contributed by atoms with van der Waals surface area (Å²) in [6, 6.07) is 0.266. The van der Waals surface area contributed by atoms with Crippen LogP contribution in [0.15, 0.2) is 0 Å². The number of piperidine rings is 1. The van der Waals surface area contributed by atoms with Gasteiger partial charge in [-0.3, -0.25) is 0 Å². The standard InChI is InChI=1S/C10H18N2O2/c11-9-3-5-12(6-4-9)10(13)14-7-8-1-2-8/h8-9H,1-7,11H2. The summed E-state index contributed by atoms with van der Waals surface area (Å²) in [6.07, 6.45) is 4.09. The third-order valence-corrected chi connectivity index (χ3v) is 2.94. The number of hydrogen-bond acceptors (Lipinski definition) is 3. The summed E-state index contributed by atoms with van der Waals surface area (Å²) in [4.78, 5) is 13.3. The van der Waals surface area contributed by atoms with Crippen molar-refractivity contribution in [3.8, 4) is 0 Å². The molecule has 2 fully saturated rings. The minimum atomic E-state index is -0.149. The number of nitrogens with two attached hydrogens (primary N) is 1. The van der Waals surface area contributed by atoms with Gasteiger partial charge < -0.3 is 15.4 Å². The molecular formula is C10H18N2O2. The molecule has 2 aliphatic rings. The van der Waals surface area contributed by atoms with Crippen LogP contribution in [0, 0.1) is 5.92 Å². The van der Waals surface area contributed by atoms with Crippen LogP contribution in [0.5, 0.6) is 0 Å². The van der Waals surface area contributed by atoms with Crippen LogP contribution >= 0.6 is 0 Å². The van der Waals surface area contributed by atoms with Gasteiger partial charge in [0.2, 0.25) is 0 Å². The predicted molar refractivity (Wildman–Crippen MR) is 52.9 cm³/mol. The Morgan fingerprint density at radius 2 is 1.93 bits per heavy atom. The normalized spacial score (nSPS) is 23.6. The molecule has 0 bridgehead atoms. The minimum absolute atomic E-state index is 0.149. The van der Waals surface area contributed by atoms with Crippen LogP contribution < -0.4 is 5.73 Å². The lowest BCUT2D eigenvalue weighted by Crippen LogP contribution is -2.43. The molecule has 0 aromatic rings. The van der Waals surface area contributed by atoms with Gasteiger partial charge in [0.1, 0.15) is 0 Å². The summed E-state index contributed by atoms with van der Waals surface area (Å²) in [6.45, 7) is 2.12. The summed E-state index contributed by atoms with van der Waals surface area (Å²) in [7, 11) is 0. The van der Waals surface area contributed by atoms with Crippen LogP contribution in [0.1, 0.15) is 25.7 Å². The first kappa shape index (κ1) is 9.77. The number of ether oxygens (including phenoxy) is 1. The fraction of sp³-hybridized carbons (Fsp3) is 0.900. The zero-order chi connectivity index (χ0) is 9.97. The van der Waals surface area contributed by atoms with E-state index in [2.05, 4.69) is 0 Å². The van der Waals surface area contributed by atoms with Crippen LogP contribution in [0.4, 0.5) is 4.79 Å². The Labute approximate surface area is 84.4 Å². The molecule has 4 nitrogen and oxygen atoms in total. The highest BCUT2D eigenvalue weighted by atomic mass is 16.6. The van der Waals surface area contributed by atoms with E-state index >= 15 is 0 Å². The first-order valence-corrected chi connectivity index (χ1v) is 5.43. The highest BCUT2D eigenvalue weighted by Gasteiger charge is 2.26. The molecule has 0 atom stereocenters. The Balaban J connectivity index is 1.68. The van der Waals surface area contributed by atoms with E-state index in [1.54, 1.807) is 4.90 Å². The fourth-order valence-corrected chi connectivity index (χ4v) is 1.65. The van der Waals surface area contributed by atoms with Gasteiger partial charge in [0, 0.05) is 19.1 Å². The molecule has 4 heteroatoms. The maximum atomic E-state index is 11.5. The molecule has 14 heavy (non-hydrogen) atoms. The highest BCUT2D eigenvalue weighted by molar-refractivity contribution is 5.67. The lowest BCUT2D eigenvalue weighted by Gasteiger charge is -2.29. The molecule has 80 valence electrons. The number of carbonyl (C=O) groups excluding carboxylic acids is 1. The van der Waals surface area contributed by atoms with Gasteiger partial charge >= 0.3 is 6.09 Å². The summed E-state index contributed by atoms with van der Waals surface area (Å²) in [5.74, 6) is 0.644. The number of hydrogen-bond donors (Lipinski definition) is 1.